The van der Waals surface area contributed by atoms with Crippen molar-refractivity contribution in [3.8, 4) is 0 Å². The molecular weight excluding hydrogens is 435 g/mol. The summed E-state index contributed by atoms with van der Waals surface area (Å²) in [6.07, 6.45) is 3.59. The summed E-state index contributed by atoms with van der Waals surface area (Å²) in [7, 11) is -3.41. The molecule has 3 rings (SSSR count). The highest BCUT2D eigenvalue weighted by atomic mass is 31.2. The van der Waals surface area contributed by atoms with Gasteiger partial charge in [-0.25, -0.2) is 0 Å². The zero-order chi connectivity index (χ0) is 24.0. The van der Waals surface area contributed by atoms with Crippen LogP contribution in [0.4, 0.5) is 0 Å². The largest absolute Gasteiger partial charge is 0.417 e. The van der Waals surface area contributed by atoms with Crippen LogP contribution in [0.1, 0.15) is 40.5 Å². The third kappa shape index (κ3) is 6.24. The van der Waals surface area contributed by atoms with E-state index in [4.69, 9.17) is 4.43 Å². The molecule has 0 heterocycles. The van der Waals surface area contributed by atoms with Crippen LogP contribution in [0.25, 0.3) is 0 Å². The highest BCUT2D eigenvalue weighted by Crippen LogP contribution is 2.56. The minimum Gasteiger partial charge on any atom is -0.417 e. The molecule has 0 amide bonds. The van der Waals surface area contributed by atoms with Gasteiger partial charge in [-0.05, 0) is 73.3 Å². The summed E-state index contributed by atoms with van der Waals surface area (Å²) in [5.41, 5.74) is 0. The normalized spacial score (nSPS) is 13.6. The fourth-order valence-corrected chi connectivity index (χ4v) is 9.71. The number of benzene rings is 3. The maximum atomic E-state index is 6.54. The van der Waals surface area contributed by atoms with Crippen molar-refractivity contribution in [1.29, 1.82) is 0 Å². The molecule has 0 aromatic heterocycles. The van der Waals surface area contributed by atoms with E-state index < -0.39 is 15.6 Å². The minimum absolute atomic E-state index is 0.265. The Balaban J connectivity index is 1.84. The van der Waals surface area contributed by atoms with E-state index in [9.17, 15) is 0 Å². The Labute approximate surface area is 204 Å². The van der Waals surface area contributed by atoms with Crippen molar-refractivity contribution in [2.75, 3.05) is 12.8 Å². The second-order valence-corrected chi connectivity index (χ2v) is 19.3. The highest BCUT2D eigenvalue weighted by molar-refractivity contribution is 7.95. The molecule has 0 saturated carbocycles. The minimum atomic E-state index is -1.72. The summed E-state index contributed by atoms with van der Waals surface area (Å²) in [5.74, 6) is 0.573. The molecule has 33 heavy (non-hydrogen) atoms. The average Bonchev–Trinajstić information content (AvgIpc) is 2.82. The first-order chi connectivity index (χ1) is 15.7. The van der Waals surface area contributed by atoms with E-state index >= 15 is 0 Å². The van der Waals surface area contributed by atoms with E-state index in [2.05, 4.69) is 132 Å². The van der Waals surface area contributed by atoms with Crippen molar-refractivity contribution < 1.29 is 4.43 Å². The summed E-state index contributed by atoms with van der Waals surface area (Å²) >= 11 is 0. The lowest BCUT2D eigenvalue weighted by Crippen LogP contribution is -2.41. The van der Waals surface area contributed by atoms with Crippen molar-refractivity contribution in [2.24, 2.45) is 5.92 Å². The van der Waals surface area contributed by atoms with Gasteiger partial charge in [0.1, 0.15) is 23.2 Å². The average molecular weight is 478 g/mol. The third-order valence-corrected chi connectivity index (χ3v) is 16.3. The van der Waals surface area contributed by atoms with Crippen LogP contribution < -0.4 is 15.9 Å². The van der Waals surface area contributed by atoms with E-state index in [1.807, 2.05) is 0 Å². The zero-order valence-corrected chi connectivity index (χ0v) is 23.3. The van der Waals surface area contributed by atoms with Crippen LogP contribution in [0.5, 0.6) is 0 Å². The smallest absolute Gasteiger partial charge is 0.191 e. The summed E-state index contributed by atoms with van der Waals surface area (Å²) in [4.78, 5) is 0. The van der Waals surface area contributed by atoms with Gasteiger partial charge in [0.15, 0.2) is 8.32 Å². The fourth-order valence-electron chi connectivity index (χ4n) is 4.21. The molecular formula is C30H42OPSi+. The van der Waals surface area contributed by atoms with Gasteiger partial charge in [0.05, 0.1) is 6.16 Å². The van der Waals surface area contributed by atoms with Gasteiger partial charge in [-0.3, -0.25) is 0 Å². The van der Waals surface area contributed by atoms with Crippen molar-refractivity contribution in [2.45, 2.75) is 58.7 Å². The Morgan fingerprint density at radius 1 is 0.727 bits per heavy atom. The molecule has 0 bridgehead atoms. The molecule has 0 radical (unpaired) electrons. The van der Waals surface area contributed by atoms with E-state index in [1.165, 1.54) is 34.9 Å². The first-order valence-corrected chi connectivity index (χ1v) is 17.2. The fraction of sp³-hybridized carbons (Fsp3) is 0.400. The predicted molar refractivity (Wildman–Crippen MR) is 152 cm³/mol. The lowest BCUT2D eigenvalue weighted by atomic mass is 10.1. The van der Waals surface area contributed by atoms with Gasteiger partial charge in [0.25, 0.3) is 0 Å². The Bertz CT molecular complexity index is 868. The van der Waals surface area contributed by atoms with E-state index in [-0.39, 0.29) is 5.04 Å². The van der Waals surface area contributed by atoms with Crippen LogP contribution >= 0.6 is 7.26 Å². The molecule has 1 atom stereocenters. The van der Waals surface area contributed by atoms with Crippen LogP contribution in [0.3, 0.4) is 0 Å². The molecule has 0 aliphatic carbocycles. The molecule has 3 aromatic rings. The van der Waals surface area contributed by atoms with Gasteiger partial charge >= 0.3 is 0 Å². The second kappa shape index (κ2) is 11.1. The molecule has 3 heteroatoms. The van der Waals surface area contributed by atoms with Gasteiger partial charge in [0.2, 0.25) is 0 Å². The van der Waals surface area contributed by atoms with Crippen LogP contribution in [0, 0.1) is 5.92 Å². The van der Waals surface area contributed by atoms with Crippen LogP contribution in [0.15, 0.2) is 91.0 Å². The molecule has 1 nitrogen and oxygen atoms in total. The quantitative estimate of drug-likeness (QED) is 0.218. The topological polar surface area (TPSA) is 9.23 Å². The highest BCUT2D eigenvalue weighted by Gasteiger charge is 2.44. The van der Waals surface area contributed by atoms with Gasteiger partial charge in [0, 0.05) is 6.61 Å². The number of rotatable bonds is 10. The van der Waals surface area contributed by atoms with Gasteiger partial charge in [-0.1, -0.05) is 82.3 Å². The molecule has 0 fully saturated rings. The SMILES string of the molecule is C[C@@H](CCC[P+](c1ccccc1)(c1ccccc1)c1ccccc1)CO[Si](C)(C)C(C)(C)C. The number of hydrogen-bond donors (Lipinski definition) is 0. The first-order valence-electron chi connectivity index (χ1n) is 12.4. The first kappa shape index (κ1) is 25.9. The molecule has 0 spiro atoms. The maximum absolute atomic E-state index is 6.54. The van der Waals surface area contributed by atoms with Crippen LogP contribution in [-0.4, -0.2) is 21.1 Å². The third-order valence-electron chi connectivity index (χ3n) is 7.32. The Hall–Kier alpha value is -1.73. The van der Waals surface area contributed by atoms with Crippen molar-refractivity contribution in [3.05, 3.63) is 91.0 Å². The van der Waals surface area contributed by atoms with Gasteiger partial charge in [-0.2, -0.15) is 0 Å². The van der Waals surface area contributed by atoms with Crippen LogP contribution in [0.2, 0.25) is 18.1 Å². The zero-order valence-electron chi connectivity index (χ0n) is 21.4. The Morgan fingerprint density at radius 3 is 1.48 bits per heavy atom. The standard InChI is InChI=1S/C30H42OPSi/c1-26(25-31-33(5,6)30(2,3)4)17-16-24-32(27-18-10-7-11-19-27,28-20-12-8-13-21-28)29-22-14-9-15-23-29/h7-15,18-23,26H,16-17,24-25H2,1-6H3/q+1/t26-/m0/s1. The molecule has 176 valence electrons. The van der Waals surface area contributed by atoms with Gasteiger partial charge < -0.3 is 4.43 Å². The Kier molecular flexibility index (Phi) is 8.73. The lowest BCUT2D eigenvalue weighted by Gasteiger charge is -2.37. The lowest BCUT2D eigenvalue weighted by molar-refractivity contribution is 0.230. The Morgan fingerprint density at radius 2 is 1.12 bits per heavy atom. The second-order valence-electron chi connectivity index (χ2n) is 10.9. The molecule has 0 aliphatic heterocycles. The monoisotopic (exact) mass is 477 g/mol. The molecule has 0 unspecified atom stereocenters. The van der Waals surface area contributed by atoms with E-state index in [0.29, 0.717) is 5.92 Å². The maximum Gasteiger partial charge on any atom is 0.191 e. The van der Waals surface area contributed by atoms with Crippen molar-refractivity contribution in [1.82, 2.24) is 0 Å². The summed E-state index contributed by atoms with van der Waals surface area (Å²) in [5, 5.41) is 4.70. The summed E-state index contributed by atoms with van der Waals surface area (Å²) < 4.78 is 6.54. The molecule has 0 N–H and O–H groups in total. The summed E-state index contributed by atoms with van der Waals surface area (Å²) in [6.45, 7) is 14.9. The molecule has 0 saturated heterocycles. The predicted octanol–water partition coefficient (Wildman–Crippen LogP) is 7.42. The summed E-state index contributed by atoms with van der Waals surface area (Å²) in [6, 6.07) is 33.7. The molecule has 0 aliphatic rings. The van der Waals surface area contributed by atoms with E-state index in [0.717, 1.165) is 6.61 Å². The van der Waals surface area contributed by atoms with E-state index in [1.54, 1.807) is 0 Å². The van der Waals surface area contributed by atoms with Crippen LogP contribution in [-0.2, 0) is 4.43 Å². The van der Waals surface area contributed by atoms with Gasteiger partial charge in [-0.15, -0.1) is 0 Å². The van der Waals surface area contributed by atoms with Crippen molar-refractivity contribution >= 4 is 31.5 Å². The number of hydrogen-bond acceptors (Lipinski definition) is 1. The molecule has 3 aromatic carbocycles. The van der Waals surface area contributed by atoms with Crippen molar-refractivity contribution in [3.63, 3.8) is 0 Å².